The van der Waals surface area contributed by atoms with Crippen LogP contribution in [-0.2, 0) is 16.1 Å². The number of phenols is 1. The molecule has 0 saturated carbocycles. The van der Waals surface area contributed by atoms with E-state index >= 15 is 0 Å². The molecular formula is C17H18O5. The molecule has 0 radical (unpaired) electrons. The molecule has 1 N–H and O–H groups in total. The van der Waals surface area contributed by atoms with Crippen molar-refractivity contribution in [2.24, 2.45) is 0 Å². The van der Waals surface area contributed by atoms with Crippen LogP contribution in [0.1, 0.15) is 15.9 Å². The largest absolute Gasteiger partial charge is 0.507 e. The first-order valence-electron chi connectivity index (χ1n) is 6.80. The van der Waals surface area contributed by atoms with Crippen LogP contribution in [0.3, 0.4) is 0 Å². The third-order valence-electron chi connectivity index (χ3n) is 2.99. The van der Waals surface area contributed by atoms with Gasteiger partial charge in [-0.15, -0.1) is 0 Å². The molecule has 5 nitrogen and oxygen atoms in total. The Hall–Kier alpha value is -2.37. The number of rotatable bonds is 8. The SMILES string of the molecule is COCOc1ccc(COCC(=O)c2ccccc2)c(O)c1. The molecule has 5 heteroatoms. The smallest absolute Gasteiger partial charge is 0.188 e. The van der Waals surface area contributed by atoms with Gasteiger partial charge in [-0.3, -0.25) is 4.79 Å². The summed E-state index contributed by atoms with van der Waals surface area (Å²) in [5.41, 5.74) is 1.20. The first-order chi connectivity index (χ1) is 10.7. The second kappa shape index (κ2) is 8.17. The van der Waals surface area contributed by atoms with Gasteiger partial charge >= 0.3 is 0 Å². The number of hydrogen-bond acceptors (Lipinski definition) is 5. The number of ether oxygens (including phenoxy) is 3. The molecule has 0 amide bonds. The monoisotopic (exact) mass is 302 g/mol. The van der Waals surface area contributed by atoms with Crippen molar-refractivity contribution < 1.29 is 24.1 Å². The maximum atomic E-state index is 11.9. The molecule has 0 atom stereocenters. The predicted molar refractivity (Wildman–Crippen MR) is 81.0 cm³/mol. The van der Waals surface area contributed by atoms with Crippen molar-refractivity contribution in [1.29, 1.82) is 0 Å². The van der Waals surface area contributed by atoms with E-state index < -0.39 is 0 Å². The molecule has 0 spiro atoms. The van der Waals surface area contributed by atoms with Gasteiger partial charge in [0.1, 0.15) is 18.1 Å². The summed E-state index contributed by atoms with van der Waals surface area (Å²) in [5, 5.41) is 9.89. The molecule has 0 bridgehead atoms. The van der Waals surface area contributed by atoms with Gasteiger partial charge in [-0.05, 0) is 12.1 Å². The Labute approximate surface area is 129 Å². The second-order valence-electron chi connectivity index (χ2n) is 4.62. The van der Waals surface area contributed by atoms with Crippen molar-refractivity contribution in [3.8, 4) is 11.5 Å². The Morgan fingerprint density at radius 2 is 1.91 bits per heavy atom. The van der Waals surface area contributed by atoms with Crippen molar-refractivity contribution in [2.45, 2.75) is 6.61 Å². The molecule has 0 aromatic heterocycles. The number of carbonyl (C=O) groups excluding carboxylic acids is 1. The van der Waals surface area contributed by atoms with E-state index in [0.29, 0.717) is 16.9 Å². The standard InChI is InChI=1S/C17H18O5/c1-20-12-22-15-8-7-14(16(18)9-15)10-21-11-17(19)13-5-3-2-4-6-13/h2-9,18H,10-12H2,1H3. The van der Waals surface area contributed by atoms with Crippen LogP contribution in [0.2, 0.25) is 0 Å². The molecule has 2 rings (SSSR count). The van der Waals surface area contributed by atoms with Crippen LogP contribution >= 0.6 is 0 Å². The molecule has 22 heavy (non-hydrogen) atoms. The minimum atomic E-state index is -0.0971. The summed E-state index contributed by atoms with van der Waals surface area (Å²) in [6, 6.07) is 13.8. The second-order valence-corrected chi connectivity index (χ2v) is 4.62. The summed E-state index contributed by atoms with van der Waals surface area (Å²) in [5.74, 6) is 0.462. The molecule has 116 valence electrons. The summed E-state index contributed by atoms with van der Waals surface area (Å²) >= 11 is 0. The molecule has 0 heterocycles. The highest BCUT2D eigenvalue weighted by molar-refractivity contribution is 5.96. The van der Waals surface area contributed by atoms with Crippen LogP contribution < -0.4 is 4.74 Å². The van der Waals surface area contributed by atoms with Gasteiger partial charge in [-0.2, -0.15) is 0 Å². The highest BCUT2D eigenvalue weighted by atomic mass is 16.7. The minimum Gasteiger partial charge on any atom is -0.507 e. The molecule has 0 fully saturated rings. The summed E-state index contributed by atoms with van der Waals surface area (Å²) in [7, 11) is 1.52. The van der Waals surface area contributed by atoms with Gasteiger partial charge < -0.3 is 19.3 Å². The third kappa shape index (κ3) is 4.58. The van der Waals surface area contributed by atoms with Crippen LogP contribution in [0.5, 0.6) is 11.5 Å². The first-order valence-corrected chi connectivity index (χ1v) is 6.80. The average Bonchev–Trinajstić information content (AvgIpc) is 2.55. The van der Waals surface area contributed by atoms with Gasteiger partial charge in [0, 0.05) is 24.3 Å². The Morgan fingerprint density at radius 3 is 2.59 bits per heavy atom. The Balaban J connectivity index is 1.85. The lowest BCUT2D eigenvalue weighted by atomic mass is 10.1. The van der Waals surface area contributed by atoms with E-state index in [2.05, 4.69) is 0 Å². The van der Waals surface area contributed by atoms with Crippen molar-refractivity contribution in [2.75, 3.05) is 20.5 Å². The summed E-state index contributed by atoms with van der Waals surface area (Å²) in [4.78, 5) is 11.9. The molecule has 2 aromatic rings. The number of benzene rings is 2. The highest BCUT2D eigenvalue weighted by Gasteiger charge is 2.07. The van der Waals surface area contributed by atoms with E-state index in [4.69, 9.17) is 14.2 Å². The average molecular weight is 302 g/mol. The van der Waals surface area contributed by atoms with Gasteiger partial charge in [-0.25, -0.2) is 0 Å². The Bertz CT molecular complexity index is 610. The number of hydrogen-bond donors (Lipinski definition) is 1. The summed E-state index contributed by atoms with van der Waals surface area (Å²) in [6.45, 7) is 0.223. The van der Waals surface area contributed by atoms with Crippen molar-refractivity contribution >= 4 is 5.78 Å². The topological polar surface area (TPSA) is 65.0 Å². The normalized spacial score (nSPS) is 10.4. The number of methoxy groups -OCH3 is 1. The van der Waals surface area contributed by atoms with E-state index in [1.165, 1.54) is 13.2 Å². The van der Waals surface area contributed by atoms with E-state index in [1.807, 2.05) is 6.07 Å². The maximum absolute atomic E-state index is 11.9. The van der Waals surface area contributed by atoms with Gasteiger partial charge in [0.25, 0.3) is 0 Å². The lowest BCUT2D eigenvalue weighted by Crippen LogP contribution is -2.09. The quantitative estimate of drug-likeness (QED) is 0.600. The molecule has 0 unspecified atom stereocenters. The first kappa shape index (κ1) is 16.0. The lowest BCUT2D eigenvalue weighted by molar-refractivity contribution is 0.0508. The van der Waals surface area contributed by atoms with E-state index in [0.717, 1.165) is 0 Å². The number of carbonyl (C=O) groups is 1. The fraction of sp³-hybridized carbons (Fsp3) is 0.235. The van der Waals surface area contributed by atoms with E-state index in [1.54, 1.807) is 36.4 Å². The zero-order valence-electron chi connectivity index (χ0n) is 12.3. The fourth-order valence-electron chi connectivity index (χ4n) is 1.84. The fourth-order valence-corrected chi connectivity index (χ4v) is 1.84. The van der Waals surface area contributed by atoms with Crippen LogP contribution in [0.4, 0.5) is 0 Å². The molecule has 0 aliphatic rings. The molecule has 2 aromatic carbocycles. The molecule has 0 aliphatic carbocycles. The van der Waals surface area contributed by atoms with Gasteiger partial charge in [0.2, 0.25) is 0 Å². The molecule has 0 aliphatic heterocycles. The molecule has 0 saturated heterocycles. The Morgan fingerprint density at radius 1 is 1.14 bits per heavy atom. The van der Waals surface area contributed by atoms with Gasteiger partial charge in [0.15, 0.2) is 12.6 Å². The van der Waals surface area contributed by atoms with E-state index in [-0.39, 0.29) is 31.5 Å². The number of ketones is 1. The lowest BCUT2D eigenvalue weighted by Gasteiger charge is -2.09. The molecular weight excluding hydrogens is 284 g/mol. The maximum Gasteiger partial charge on any atom is 0.188 e. The van der Waals surface area contributed by atoms with Crippen LogP contribution in [-0.4, -0.2) is 31.4 Å². The Kier molecular flexibility index (Phi) is 5.94. The zero-order chi connectivity index (χ0) is 15.8. The van der Waals surface area contributed by atoms with Crippen molar-refractivity contribution in [3.63, 3.8) is 0 Å². The van der Waals surface area contributed by atoms with E-state index in [9.17, 15) is 9.90 Å². The zero-order valence-corrected chi connectivity index (χ0v) is 12.3. The van der Waals surface area contributed by atoms with Gasteiger partial charge in [0.05, 0.1) is 6.61 Å². The summed E-state index contributed by atoms with van der Waals surface area (Å²) in [6.07, 6.45) is 0. The number of Topliss-reactive ketones (excluding diaryl/α,β-unsaturated/α-hetero) is 1. The predicted octanol–water partition coefficient (Wildman–Crippen LogP) is 2.77. The number of aromatic hydroxyl groups is 1. The summed E-state index contributed by atoms with van der Waals surface area (Å²) < 4.78 is 15.4. The van der Waals surface area contributed by atoms with Gasteiger partial charge in [-0.1, -0.05) is 30.3 Å². The van der Waals surface area contributed by atoms with Crippen LogP contribution in [0, 0.1) is 0 Å². The third-order valence-corrected chi connectivity index (χ3v) is 2.99. The number of phenolic OH excluding ortho intramolecular Hbond substituents is 1. The van der Waals surface area contributed by atoms with Crippen molar-refractivity contribution in [1.82, 2.24) is 0 Å². The highest BCUT2D eigenvalue weighted by Crippen LogP contribution is 2.24. The van der Waals surface area contributed by atoms with Crippen molar-refractivity contribution in [3.05, 3.63) is 59.7 Å². The minimum absolute atomic E-state index is 0.0363. The van der Waals surface area contributed by atoms with Crippen LogP contribution in [0.15, 0.2) is 48.5 Å². The van der Waals surface area contributed by atoms with Crippen LogP contribution in [0.25, 0.3) is 0 Å².